The zero-order valence-corrected chi connectivity index (χ0v) is 11.3. The molecule has 0 saturated heterocycles. The number of rotatable bonds is 1. The van der Waals surface area contributed by atoms with E-state index in [9.17, 15) is 9.50 Å². The van der Waals surface area contributed by atoms with Gasteiger partial charge in [-0.15, -0.1) is 5.10 Å². The second kappa shape index (κ2) is 4.62. The van der Waals surface area contributed by atoms with E-state index in [0.29, 0.717) is 5.02 Å². The summed E-state index contributed by atoms with van der Waals surface area (Å²) in [4.78, 5) is 0. The number of nitrogens with zero attached hydrogens (tertiary/aromatic N) is 2. The first-order valence-corrected chi connectivity index (χ1v) is 6.56. The predicted molar refractivity (Wildman–Crippen MR) is 71.1 cm³/mol. The highest BCUT2D eigenvalue weighted by Crippen LogP contribution is 2.37. The molecule has 0 saturated carbocycles. The summed E-state index contributed by atoms with van der Waals surface area (Å²) in [5.41, 5.74) is 2.13. The van der Waals surface area contributed by atoms with Gasteiger partial charge in [-0.3, -0.25) is 0 Å². The Kier molecular flexibility index (Phi) is 3.07. The molecule has 6 heteroatoms. The van der Waals surface area contributed by atoms with Crippen molar-refractivity contribution in [2.45, 2.75) is 19.3 Å². The van der Waals surface area contributed by atoms with Crippen LogP contribution in [0.15, 0.2) is 12.1 Å². The number of aryl methyl sites for hydroxylation is 1. The van der Waals surface area contributed by atoms with Crippen LogP contribution in [-0.4, -0.2) is 15.3 Å². The quantitative estimate of drug-likeness (QED) is 0.871. The molecule has 0 bridgehead atoms. The normalized spacial score (nSPS) is 13.6. The summed E-state index contributed by atoms with van der Waals surface area (Å²) in [6, 6.07) is 2.26. The van der Waals surface area contributed by atoms with Gasteiger partial charge in [0.1, 0.15) is 17.3 Å². The molecular weight excluding hydrogens is 290 g/mol. The summed E-state index contributed by atoms with van der Waals surface area (Å²) < 4.78 is 13.9. The molecule has 19 heavy (non-hydrogen) atoms. The molecule has 3 nitrogen and oxygen atoms in total. The van der Waals surface area contributed by atoms with Crippen LogP contribution >= 0.6 is 23.2 Å². The summed E-state index contributed by atoms with van der Waals surface area (Å²) in [5.74, 6) is -0.798. The van der Waals surface area contributed by atoms with E-state index < -0.39 is 5.82 Å². The van der Waals surface area contributed by atoms with Gasteiger partial charge in [-0.05, 0) is 37.0 Å². The Morgan fingerprint density at radius 3 is 2.74 bits per heavy atom. The van der Waals surface area contributed by atoms with Crippen LogP contribution in [0.5, 0.6) is 5.75 Å². The molecule has 0 spiro atoms. The van der Waals surface area contributed by atoms with Crippen LogP contribution in [-0.2, 0) is 12.8 Å². The first kappa shape index (κ1) is 12.6. The lowest BCUT2D eigenvalue weighted by Gasteiger charge is -2.09. The highest BCUT2D eigenvalue weighted by atomic mass is 35.5. The largest absolute Gasteiger partial charge is 0.506 e. The monoisotopic (exact) mass is 298 g/mol. The van der Waals surface area contributed by atoms with Gasteiger partial charge in [-0.1, -0.05) is 23.2 Å². The standard InChI is InChI=1S/C13H9Cl2FN2O/c14-8-5-9(16)7(4-11(8)19)13-12(15)6-2-1-3-10(6)17-18-13/h4-5,19H,1-3H2. The van der Waals surface area contributed by atoms with Crippen LogP contribution in [0.3, 0.4) is 0 Å². The number of aromatic nitrogens is 2. The van der Waals surface area contributed by atoms with Crippen molar-refractivity contribution in [3.8, 4) is 17.0 Å². The van der Waals surface area contributed by atoms with Gasteiger partial charge in [0.05, 0.1) is 15.7 Å². The van der Waals surface area contributed by atoms with Crippen molar-refractivity contribution in [2.75, 3.05) is 0 Å². The SMILES string of the molecule is Oc1cc(-c2nnc3c(c2Cl)CCC3)c(F)cc1Cl. The van der Waals surface area contributed by atoms with E-state index >= 15 is 0 Å². The average molecular weight is 299 g/mol. The third-order valence-electron chi connectivity index (χ3n) is 3.22. The third-order valence-corrected chi connectivity index (χ3v) is 3.93. The number of halogens is 3. The topological polar surface area (TPSA) is 46.0 Å². The molecule has 1 aliphatic rings. The summed E-state index contributed by atoms with van der Waals surface area (Å²) in [5, 5.41) is 18.0. The smallest absolute Gasteiger partial charge is 0.135 e. The first-order chi connectivity index (χ1) is 9.08. The van der Waals surface area contributed by atoms with Crippen LogP contribution in [0.4, 0.5) is 4.39 Å². The van der Waals surface area contributed by atoms with Gasteiger partial charge in [-0.25, -0.2) is 4.39 Å². The molecule has 0 unspecified atom stereocenters. The van der Waals surface area contributed by atoms with Crippen LogP contribution in [0.25, 0.3) is 11.3 Å². The maximum absolute atomic E-state index is 13.9. The van der Waals surface area contributed by atoms with E-state index in [1.807, 2.05) is 0 Å². The summed E-state index contributed by atoms with van der Waals surface area (Å²) in [7, 11) is 0. The Labute approximate surface area is 119 Å². The van der Waals surface area contributed by atoms with Gasteiger partial charge < -0.3 is 5.11 Å². The lowest BCUT2D eigenvalue weighted by molar-refractivity contribution is 0.474. The molecule has 0 aliphatic heterocycles. The maximum atomic E-state index is 13.9. The van der Waals surface area contributed by atoms with Gasteiger partial charge in [0, 0.05) is 5.56 Å². The van der Waals surface area contributed by atoms with Crippen molar-refractivity contribution in [1.82, 2.24) is 10.2 Å². The number of benzene rings is 1. The lowest BCUT2D eigenvalue weighted by Crippen LogP contribution is -1.98. The highest BCUT2D eigenvalue weighted by Gasteiger charge is 2.22. The van der Waals surface area contributed by atoms with Gasteiger partial charge in [0.2, 0.25) is 0 Å². The average Bonchev–Trinajstić information content (AvgIpc) is 2.84. The first-order valence-electron chi connectivity index (χ1n) is 5.80. The minimum Gasteiger partial charge on any atom is -0.506 e. The molecule has 2 aromatic rings. The number of aromatic hydroxyl groups is 1. The van der Waals surface area contributed by atoms with Crippen LogP contribution < -0.4 is 0 Å². The Balaban J connectivity index is 2.21. The molecule has 1 heterocycles. The summed E-state index contributed by atoms with van der Waals surface area (Å²) >= 11 is 11.9. The lowest BCUT2D eigenvalue weighted by atomic mass is 10.1. The number of hydrogen-bond donors (Lipinski definition) is 1. The fourth-order valence-electron chi connectivity index (χ4n) is 2.26. The molecule has 1 N–H and O–H groups in total. The van der Waals surface area contributed by atoms with E-state index in [2.05, 4.69) is 10.2 Å². The number of phenols is 1. The molecule has 0 fully saturated rings. The van der Waals surface area contributed by atoms with Crippen LogP contribution in [0.2, 0.25) is 10.0 Å². The maximum Gasteiger partial charge on any atom is 0.135 e. The van der Waals surface area contributed by atoms with Gasteiger partial charge in [0.25, 0.3) is 0 Å². The molecule has 1 aliphatic carbocycles. The predicted octanol–water partition coefficient (Wildman–Crippen LogP) is 3.78. The summed E-state index contributed by atoms with van der Waals surface area (Å²) in [6.07, 6.45) is 2.64. The van der Waals surface area contributed by atoms with Crippen molar-refractivity contribution in [2.24, 2.45) is 0 Å². The number of hydrogen-bond acceptors (Lipinski definition) is 3. The van der Waals surface area contributed by atoms with E-state index in [4.69, 9.17) is 23.2 Å². The molecule has 1 aromatic carbocycles. The zero-order chi connectivity index (χ0) is 13.6. The van der Waals surface area contributed by atoms with Crippen molar-refractivity contribution in [3.05, 3.63) is 39.3 Å². The molecule has 98 valence electrons. The Morgan fingerprint density at radius 2 is 1.95 bits per heavy atom. The molecule has 1 aromatic heterocycles. The second-order valence-electron chi connectivity index (χ2n) is 4.42. The summed E-state index contributed by atoms with van der Waals surface area (Å²) in [6.45, 7) is 0. The van der Waals surface area contributed by atoms with Crippen molar-refractivity contribution < 1.29 is 9.50 Å². The third kappa shape index (κ3) is 2.05. The van der Waals surface area contributed by atoms with Gasteiger partial charge >= 0.3 is 0 Å². The Hall–Kier alpha value is -1.39. The van der Waals surface area contributed by atoms with Crippen molar-refractivity contribution in [3.63, 3.8) is 0 Å². The number of phenolic OH excluding ortho intramolecular Hbond substituents is 1. The van der Waals surface area contributed by atoms with E-state index in [0.717, 1.165) is 36.6 Å². The Bertz CT molecular complexity index is 676. The van der Waals surface area contributed by atoms with Crippen LogP contribution in [0.1, 0.15) is 17.7 Å². The fraction of sp³-hybridized carbons (Fsp3) is 0.231. The van der Waals surface area contributed by atoms with Gasteiger partial charge in [-0.2, -0.15) is 5.10 Å². The van der Waals surface area contributed by atoms with Crippen molar-refractivity contribution in [1.29, 1.82) is 0 Å². The minimum atomic E-state index is -0.586. The molecular formula is C13H9Cl2FN2O. The van der Waals surface area contributed by atoms with E-state index in [1.165, 1.54) is 6.07 Å². The van der Waals surface area contributed by atoms with E-state index in [-0.39, 0.29) is 22.0 Å². The van der Waals surface area contributed by atoms with Crippen LogP contribution in [0, 0.1) is 5.82 Å². The number of fused-ring (bicyclic) bond motifs is 1. The van der Waals surface area contributed by atoms with E-state index in [1.54, 1.807) is 0 Å². The van der Waals surface area contributed by atoms with Crippen molar-refractivity contribution >= 4 is 23.2 Å². The molecule has 0 atom stereocenters. The zero-order valence-electron chi connectivity index (χ0n) is 9.75. The Morgan fingerprint density at radius 1 is 1.16 bits per heavy atom. The minimum absolute atomic E-state index is 0.0495. The highest BCUT2D eigenvalue weighted by molar-refractivity contribution is 6.34. The fourth-order valence-corrected chi connectivity index (χ4v) is 2.76. The molecule has 0 amide bonds. The molecule has 3 rings (SSSR count). The molecule has 0 radical (unpaired) electrons. The van der Waals surface area contributed by atoms with Gasteiger partial charge in [0.15, 0.2) is 0 Å². The second-order valence-corrected chi connectivity index (χ2v) is 5.21.